The fraction of sp³-hybridized carbons (Fsp3) is 0.611. The topological polar surface area (TPSA) is 32.3 Å². The summed E-state index contributed by atoms with van der Waals surface area (Å²) in [5.74, 6) is 0.221. The van der Waals surface area contributed by atoms with E-state index >= 15 is 0 Å². The Bertz CT molecular complexity index is 506. The van der Waals surface area contributed by atoms with E-state index in [1.165, 1.54) is 30.4 Å². The molecule has 1 aromatic rings. The summed E-state index contributed by atoms with van der Waals surface area (Å²) in [6.45, 7) is 4.98. The van der Waals surface area contributed by atoms with Crippen LogP contribution in [0, 0.1) is 0 Å². The molecule has 1 fully saturated rings. The van der Waals surface area contributed by atoms with Gasteiger partial charge in [-0.15, -0.1) is 0 Å². The van der Waals surface area contributed by atoms with E-state index in [1.807, 2.05) is 6.07 Å². The molecule has 1 aromatic carbocycles. The summed E-state index contributed by atoms with van der Waals surface area (Å²) in [4.78, 5) is 15.0. The normalized spacial score (nSPS) is 21.1. The van der Waals surface area contributed by atoms with Crippen LogP contribution in [-0.4, -0.2) is 36.5 Å². The van der Waals surface area contributed by atoms with Crippen LogP contribution in [0.2, 0.25) is 0 Å². The number of benzene rings is 1. The van der Waals surface area contributed by atoms with Gasteiger partial charge in [0.05, 0.1) is 0 Å². The SMILES string of the molecule is CCCN(C(=O)c1ccc2c(c1)CCCC2)C1CCNC1. The highest BCUT2D eigenvalue weighted by atomic mass is 16.2. The second-order valence-electron chi connectivity index (χ2n) is 6.34. The van der Waals surface area contributed by atoms with Crippen molar-refractivity contribution in [2.75, 3.05) is 19.6 Å². The van der Waals surface area contributed by atoms with Crippen LogP contribution in [0.1, 0.15) is 54.1 Å². The molecular formula is C18H26N2O. The van der Waals surface area contributed by atoms with E-state index < -0.39 is 0 Å². The van der Waals surface area contributed by atoms with Crippen molar-refractivity contribution < 1.29 is 4.79 Å². The maximum absolute atomic E-state index is 12.9. The monoisotopic (exact) mass is 286 g/mol. The lowest BCUT2D eigenvalue weighted by molar-refractivity contribution is 0.0692. The average molecular weight is 286 g/mol. The number of amides is 1. The van der Waals surface area contributed by atoms with Gasteiger partial charge < -0.3 is 10.2 Å². The van der Waals surface area contributed by atoms with Gasteiger partial charge in [0.15, 0.2) is 0 Å². The summed E-state index contributed by atoms with van der Waals surface area (Å²) in [6.07, 6.45) is 6.96. The second-order valence-corrected chi connectivity index (χ2v) is 6.34. The lowest BCUT2D eigenvalue weighted by Gasteiger charge is -2.29. The Morgan fingerprint density at radius 2 is 2.10 bits per heavy atom. The molecule has 1 atom stereocenters. The third kappa shape index (κ3) is 3.13. The van der Waals surface area contributed by atoms with Gasteiger partial charge in [0.2, 0.25) is 0 Å². The molecule has 0 spiro atoms. The molecule has 0 aromatic heterocycles. The average Bonchev–Trinajstić information content (AvgIpc) is 3.05. The zero-order valence-electron chi connectivity index (χ0n) is 13.0. The van der Waals surface area contributed by atoms with Crippen molar-refractivity contribution >= 4 is 5.91 Å². The number of aryl methyl sites for hydroxylation is 2. The molecule has 0 saturated carbocycles. The molecule has 1 unspecified atom stereocenters. The Morgan fingerprint density at radius 1 is 1.29 bits per heavy atom. The van der Waals surface area contributed by atoms with Gasteiger partial charge in [0, 0.05) is 24.7 Å². The number of nitrogens with zero attached hydrogens (tertiary/aromatic N) is 1. The number of nitrogens with one attached hydrogen (secondary N) is 1. The molecule has 3 rings (SSSR count). The maximum atomic E-state index is 12.9. The molecule has 1 heterocycles. The molecule has 1 aliphatic carbocycles. The van der Waals surface area contributed by atoms with Crippen molar-refractivity contribution in [1.82, 2.24) is 10.2 Å². The van der Waals surface area contributed by atoms with Crippen LogP contribution in [0.25, 0.3) is 0 Å². The Balaban J connectivity index is 1.81. The lowest BCUT2D eigenvalue weighted by atomic mass is 9.90. The highest BCUT2D eigenvalue weighted by Crippen LogP contribution is 2.23. The number of rotatable bonds is 4. The summed E-state index contributed by atoms with van der Waals surface area (Å²) in [6, 6.07) is 6.74. The van der Waals surface area contributed by atoms with Crippen LogP contribution < -0.4 is 5.32 Å². The van der Waals surface area contributed by atoms with Gasteiger partial charge in [-0.05, 0) is 68.3 Å². The van der Waals surface area contributed by atoms with Crippen LogP contribution in [0.15, 0.2) is 18.2 Å². The minimum absolute atomic E-state index is 0.221. The van der Waals surface area contributed by atoms with Crippen molar-refractivity contribution in [3.05, 3.63) is 34.9 Å². The van der Waals surface area contributed by atoms with Crippen molar-refractivity contribution in [3.8, 4) is 0 Å². The molecule has 21 heavy (non-hydrogen) atoms. The van der Waals surface area contributed by atoms with Gasteiger partial charge in [0.1, 0.15) is 0 Å². The zero-order chi connectivity index (χ0) is 14.7. The third-order valence-electron chi connectivity index (χ3n) is 4.80. The highest BCUT2D eigenvalue weighted by Gasteiger charge is 2.27. The van der Waals surface area contributed by atoms with Crippen LogP contribution in [0.4, 0.5) is 0 Å². The minimum Gasteiger partial charge on any atom is -0.334 e. The van der Waals surface area contributed by atoms with Crippen molar-refractivity contribution in [3.63, 3.8) is 0 Å². The molecule has 0 bridgehead atoms. The van der Waals surface area contributed by atoms with E-state index in [2.05, 4.69) is 29.3 Å². The Kier molecular flexibility index (Phi) is 4.59. The first-order valence-corrected chi connectivity index (χ1v) is 8.43. The van der Waals surface area contributed by atoms with Gasteiger partial charge in [0.25, 0.3) is 5.91 Å². The summed E-state index contributed by atoms with van der Waals surface area (Å²) in [7, 11) is 0. The predicted octanol–water partition coefficient (Wildman–Crippen LogP) is 2.78. The molecule has 2 aliphatic rings. The van der Waals surface area contributed by atoms with E-state index in [9.17, 15) is 4.79 Å². The summed E-state index contributed by atoms with van der Waals surface area (Å²) >= 11 is 0. The molecule has 1 amide bonds. The fourth-order valence-electron chi connectivity index (χ4n) is 3.63. The van der Waals surface area contributed by atoms with Crippen LogP contribution in [0.3, 0.4) is 0 Å². The Hall–Kier alpha value is -1.35. The van der Waals surface area contributed by atoms with Crippen molar-refractivity contribution in [1.29, 1.82) is 0 Å². The van der Waals surface area contributed by atoms with Gasteiger partial charge in [-0.3, -0.25) is 4.79 Å². The molecule has 1 aliphatic heterocycles. The number of hydrogen-bond acceptors (Lipinski definition) is 2. The van der Waals surface area contributed by atoms with Crippen LogP contribution in [0.5, 0.6) is 0 Å². The van der Waals surface area contributed by atoms with Crippen molar-refractivity contribution in [2.45, 2.75) is 51.5 Å². The van der Waals surface area contributed by atoms with Gasteiger partial charge >= 0.3 is 0 Å². The van der Waals surface area contributed by atoms with E-state index in [1.54, 1.807) is 0 Å². The number of carbonyl (C=O) groups is 1. The first-order valence-electron chi connectivity index (χ1n) is 8.43. The van der Waals surface area contributed by atoms with E-state index in [0.29, 0.717) is 6.04 Å². The van der Waals surface area contributed by atoms with E-state index in [-0.39, 0.29) is 5.91 Å². The third-order valence-corrected chi connectivity index (χ3v) is 4.80. The smallest absolute Gasteiger partial charge is 0.254 e. The molecule has 1 saturated heterocycles. The van der Waals surface area contributed by atoms with E-state index in [0.717, 1.165) is 44.5 Å². The van der Waals surface area contributed by atoms with Gasteiger partial charge in [-0.1, -0.05) is 13.0 Å². The molecular weight excluding hydrogens is 260 g/mol. The van der Waals surface area contributed by atoms with Gasteiger partial charge in [-0.2, -0.15) is 0 Å². The zero-order valence-corrected chi connectivity index (χ0v) is 13.0. The standard InChI is InChI=1S/C18H26N2O/c1-2-11-20(17-9-10-19-13-17)18(21)16-8-7-14-5-3-4-6-15(14)12-16/h7-8,12,17,19H,2-6,9-11,13H2,1H3. The lowest BCUT2D eigenvalue weighted by Crippen LogP contribution is -2.42. The van der Waals surface area contributed by atoms with Crippen LogP contribution >= 0.6 is 0 Å². The summed E-state index contributed by atoms with van der Waals surface area (Å²) < 4.78 is 0. The first-order chi connectivity index (χ1) is 10.3. The molecule has 114 valence electrons. The largest absolute Gasteiger partial charge is 0.334 e. The Morgan fingerprint density at radius 3 is 2.81 bits per heavy atom. The van der Waals surface area contributed by atoms with E-state index in [4.69, 9.17) is 0 Å². The summed E-state index contributed by atoms with van der Waals surface area (Å²) in [5, 5.41) is 3.37. The second kappa shape index (κ2) is 6.61. The fourth-order valence-corrected chi connectivity index (χ4v) is 3.63. The molecule has 1 N–H and O–H groups in total. The van der Waals surface area contributed by atoms with Crippen molar-refractivity contribution in [2.24, 2.45) is 0 Å². The quantitative estimate of drug-likeness (QED) is 0.923. The maximum Gasteiger partial charge on any atom is 0.254 e. The summed E-state index contributed by atoms with van der Waals surface area (Å²) in [5.41, 5.74) is 3.73. The highest BCUT2D eigenvalue weighted by molar-refractivity contribution is 5.94. The number of hydrogen-bond donors (Lipinski definition) is 1. The molecule has 3 heteroatoms. The number of fused-ring (bicyclic) bond motifs is 1. The Labute approximate surface area is 127 Å². The molecule has 3 nitrogen and oxygen atoms in total. The molecule has 0 radical (unpaired) electrons. The number of carbonyl (C=O) groups excluding carboxylic acids is 1. The van der Waals surface area contributed by atoms with Gasteiger partial charge in [-0.25, -0.2) is 0 Å². The van der Waals surface area contributed by atoms with Crippen LogP contribution in [-0.2, 0) is 12.8 Å². The first kappa shape index (κ1) is 14.6. The predicted molar refractivity (Wildman–Crippen MR) is 85.7 cm³/mol. The minimum atomic E-state index is 0.221.